The van der Waals surface area contributed by atoms with Gasteiger partial charge in [-0.1, -0.05) is 30.7 Å². The Hall–Kier alpha value is -3.02. The maximum Gasteiger partial charge on any atom is 0.187 e. The summed E-state index contributed by atoms with van der Waals surface area (Å²) in [7, 11) is 0. The average Bonchev–Trinajstić information content (AvgIpc) is 3.22. The van der Waals surface area contributed by atoms with Crippen molar-refractivity contribution in [2.75, 3.05) is 0 Å². The number of hydrogen-bond donors (Lipinski definition) is 0. The molecule has 0 unspecified atom stereocenters. The number of carbonyl (C=O) groups excluding carboxylic acids is 1. The zero-order chi connectivity index (χ0) is 20.9. The van der Waals surface area contributed by atoms with Gasteiger partial charge in [0.05, 0.1) is 12.6 Å². The van der Waals surface area contributed by atoms with Crippen LogP contribution >= 0.6 is 0 Å². The van der Waals surface area contributed by atoms with E-state index < -0.39 is 17.4 Å². The molecule has 1 aliphatic carbocycles. The van der Waals surface area contributed by atoms with E-state index in [1.807, 2.05) is 24.3 Å². The van der Waals surface area contributed by atoms with Crippen LogP contribution < -0.4 is 4.74 Å². The molecule has 6 heteroatoms. The maximum absolute atomic E-state index is 13.8. The Morgan fingerprint density at radius 1 is 1.00 bits per heavy atom. The van der Waals surface area contributed by atoms with Crippen LogP contribution in [0.4, 0.5) is 8.78 Å². The van der Waals surface area contributed by atoms with Crippen molar-refractivity contribution >= 4 is 5.78 Å². The Morgan fingerprint density at radius 3 is 2.50 bits per heavy atom. The molecule has 0 radical (unpaired) electrons. The fraction of sp³-hybridized carbons (Fsp3) is 0.333. The third-order valence-corrected chi connectivity index (χ3v) is 5.48. The van der Waals surface area contributed by atoms with E-state index in [4.69, 9.17) is 4.74 Å². The van der Waals surface area contributed by atoms with Crippen molar-refractivity contribution in [1.82, 2.24) is 9.78 Å². The van der Waals surface area contributed by atoms with Gasteiger partial charge in [-0.25, -0.2) is 8.78 Å². The van der Waals surface area contributed by atoms with Gasteiger partial charge in [0, 0.05) is 23.7 Å². The Labute approximate surface area is 174 Å². The average molecular weight is 410 g/mol. The summed E-state index contributed by atoms with van der Waals surface area (Å²) in [6.07, 6.45) is 7.37. The molecule has 0 spiro atoms. The highest BCUT2D eigenvalue weighted by Crippen LogP contribution is 2.26. The van der Waals surface area contributed by atoms with Gasteiger partial charge in [-0.15, -0.1) is 0 Å². The fourth-order valence-corrected chi connectivity index (χ4v) is 3.84. The first-order valence-corrected chi connectivity index (χ1v) is 10.3. The van der Waals surface area contributed by atoms with Crippen LogP contribution in [0.3, 0.4) is 0 Å². The molecule has 1 heterocycles. The van der Waals surface area contributed by atoms with Crippen LogP contribution in [-0.2, 0) is 13.0 Å². The zero-order valence-corrected chi connectivity index (χ0v) is 16.7. The summed E-state index contributed by atoms with van der Waals surface area (Å²) in [5.41, 5.74) is 0.928. The first-order valence-electron chi connectivity index (χ1n) is 10.3. The number of benzene rings is 2. The molecule has 4 nitrogen and oxygen atoms in total. The predicted molar refractivity (Wildman–Crippen MR) is 110 cm³/mol. The van der Waals surface area contributed by atoms with Crippen molar-refractivity contribution in [2.24, 2.45) is 0 Å². The number of rotatable bonds is 7. The summed E-state index contributed by atoms with van der Waals surface area (Å²) in [4.78, 5) is 12.5. The molecule has 0 aliphatic heterocycles. The monoisotopic (exact) mass is 410 g/mol. The number of Topliss-reactive ketones (excluding diaryl/α,β-unsaturated/α-hetero) is 1. The maximum atomic E-state index is 13.8. The van der Waals surface area contributed by atoms with Crippen LogP contribution in [0, 0.1) is 11.6 Å². The SMILES string of the molecule is O=C(Cc1c(F)cccc1F)c1ccn(Cc2ccccc2OC2CCCCC2)n1. The van der Waals surface area contributed by atoms with E-state index in [0.717, 1.165) is 36.3 Å². The summed E-state index contributed by atoms with van der Waals surface area (Å²) in [5.74, 6) is -1.04. The van der Waals surface area contributed by atoms with Crippen LogP contribution in [0.15, 0.2) is 54.7 Å². The van der Waals surface area contributed by atoms with E-state index in [2.05, 4.69) is 5.10 Å². The first-order chi connectivity index (χ1) is 14.6. The van der Waals surface area contributed by atoms with Gasteiger partial charge < -0.3 is 4.74 Å². The molecular weight excluding hydrogens is 386 g/mol. The topological polar surface area (TPSA) is 44.1 Å². The van der Waals surface area contributed by atoms with Gasteiger partial charge >= 0.3 is 0 Å². The summed E-state index contributed by atoms with van der Waals surface area (Å²) in [6.45, 7) is 0.449. The van der Waals surface area contributed by atoms with Gasteiger partial charge in [-0.2, -0.15) is 5.10 Å². The first kappa shape index (κ1) is 20.3. The number of carbonyl (C=O) groups is 1. The molecule has 1 aromatic heterocycles. The summed E-state index contributed by atoms with van der Waals surface area (Å²) >= 11 is 0. The molecule has 1 aliphatic rings. The molecular formula is C24H24F2N2O2. The van der Waals surface area contributed by atoms with Gasteiger partial charge in [-0.3, -0.25) is 9.48 Å². The molecule has 3 aromatic rings. The molecule has 0 N–H and O–H groups in total. The molecule has 0 saturated heterocycles. The number of aromatic nitrogens is 2. The highest BCUT2D eigenvalue weighted by molar-refractivity contribution is 5.95. The molecule has 1 fully saturated rings. The Bertz CT molecular complexity index is 1010. The van der Waals surface area contributed by atoms with Crippen LogP contribution in [0.25, 0.3) is 0 Å². The third kappa shape index (κ3) is 4.75. The number of para-hydroxylation sites is 1. The molecule has 156 valence electrons. The smallest absolute Gasteiger partial charge is 0.187 e. The largest absolute Gasteiger partial charge is 0.490 e. The molecule has 0 atom stereocenters. The molecule has 0 amide bonds. The normalized spacial score (nSPS) is 14.6. The minimum Gasteiger partial charge on any atom is -0.490 e. The Morgan fingerprint density at radius 2 is 1.73 bits per heavy atom. The van der Waals surface area contributed by atoms with Crippen LogP contribution in [0.5, 0.6) is 5.75 Å². The van der Waals surface area contributed by atoms with E-state index in [9.17, 15) is 13.6 Å². The molecule has 30 heavy (non-hydrogen) atoms. The summed E-state index contributed by atoms with van der Waals surface area (Å²) in [6, 6.07) is 13.0. The molecule has 1 saturated carbocycles. The quantitative estimate of drug-likeness (QED) is 0.494. The predicted octanol–water partition coefficient (Wildman–Crippen LogP) is 5.35. The highest BCUT2D eigenvalue weighted by Gasteiger charge is 2.18. The highest BCUT2D eigenvalue weighted by atomic mass is 19.1. The van der Waals surface area contributed by atoms with Crippen molar-refractivity contribution in [3.63, 3.8) is 0 Å². The molecule has 0 bridgehead atoms. The van der Waals surface area contributed by atoms with Crippen molar-refractivity contribution in [3.8, 4) is 5.75 Å². The van der Waals surface area contributed by atoms with Gasteiger partial charge in [0.15, 0.2) is 5.78 Å². The lowest BCUT2D eigenvalue weighted by molar-refractivity contribution is 0.0985. The number of hydrogen-bond acceptors (Lipinski definition) is 3. The van der Waals surface area contributed by atoms with Crippen LogP contribution in [0.1, 0.15) is 53.7 Å². The number of ether oxygens (including phenoxy) is 1. The van der Waals surface area contributed by atoms with Crippen LogP contribution in [-0.4, -0.2) is 21.7 Å². The van der Waals surface area contributed by atoms with E-state index >= 15 is 0 Å². The lowest BCUT2D eigenvalue weighted by Crippen LogP contribution is -2.20. The Kier molecular flexibility index (Phi) is 6.21. The lowest BCUT2D eigenvalue weighted by Gasteiger charge is -2.24. The summed E-state index contributed by atoms with van der Waals surface area (Å²) in [5, 5.41) is 4.32. The van der Waals surface area contributed by atoms with Gasteiger partial charge in [-0.05, 0) is 49.9 Å². The zero-order valence-electron chi connectivity index (χ0n) is 16.7. The van der Waals surface area contributed by atoms with E-state index in [1.165, 1.54) is 25.3 Å². The van der Waals surface area contributed by atoms with E-state index in [0.29, 0.717) is 6.54 Å². The number of ketones is 1. The second-order valence-corrected chi connectivity index (χ2v) is 7.68. The van der Waals surface area contributed by atoms with Crippen molar-refractivity contribution in [3.05, 3.63) is 83.2 Å². The van der Waals surface area contributed by atoms with E-state index in [-0.39, 0.29) is 23.8 Å². The van der Waals surface area contributed by atoms with Gasteiger partial charge in [0.2, 0.25) is 0 Å². The summed E-state index contributed by atoms with van der Waals surface area (Å²) < 4.78 is 35.5. The van der Waals surface area contributed by atoms with Crippen molar-refractivity contribution in [1.29, 1.82) is 0 Å². The lowest BCUT2D eigenvalue weighted by atomic mass is 9.97. The number of nitrogens with zero attached hydrogens (tertiary/aromatic N) is 2. The van der Waals surface area contributed by atoms with E-state index in [1.54, 1.807) is 16.9 Å². The molecule has 2 aromatic carbocycles. The van der Waals surface area contributed by atoms with Crippen LogP contribution in [0.2, 0.25) is 0 Å². The molecule has 4 rings (SSSR count). The fourth-order valence-electron chi connectivity index (χ4n) is 3.84. The minimum absolute atomic E-state index is 0.184. The second-order valence-electron chi connectivity index (χ2n) is 7.68. The second kappa shape index (κ2) is 9.20. The van der Waals surface area contributed by atoms with Gasteiger partial charge in [0.25, 0.3) is 0 Å². The Balaban J connectivity index is 1.45. The van der Waals surface area contributed by atoms with Gasteiger partial charge in [0.1, 0.15) is 23.1 Å². The number of halogens is 2. The minimum atomic E-state index is -0.725. The third-order valence-electron chi connectivity index (χ3n) is 5.48. The standard InChI is InChI=1S/C24H24F2N2O2/c25-20-10-6-11-21(26)19(20)15-23(29)22-13-14-28(27-22)16-17-7-4-5-12-24(17)30-18-8-2-1-3-9-18/h4-7,10-14,18H,1-3,8-9,15-16H2. The van der Waals surface area contributed by atoms with Crippen molar-refractivity contribution < 1.29 is 18.3 Å². The van der Waals surface area contributed by atoms with Crippen molar-refractivity contribution in [2.45, 2.75) is 51.2 Å².